The SMILES string of the molecule is CCC(CSC)N(C)CC(C)C(N)=S. The molecule has 14 heavy (non-hydrogen) atoms. The van der Waals surface area contributed by atoms with Gasteiger partial charge in [-0.15, -0.1) is 0 Å². The number of nitrogens with two attached hydrogens (primary N) is 1. The van der Waals surface area contributed by atoms with Crippen molar-refractivity contribution in [1.29, 1.82) is 0 Å². The summed E-state index contributed by atoms with van der Waals surface area (Å²) in [5.41, 5.74) is 5.60. The predicted molar refractivity (Wildman–Crippen MR) is 71.0 cm³/mol. The second-order valence-electron chi connectivity index (χ2n) is 3.76. The standard InChI is InChI=1S/C10H22N2S2/c1-5-9(7-14-4)12(3)6-8(2)10(11)13/h8-9H,5-7H2,1-4H3,(H2,11,13). The van der Waals surface area contributed by atoms with Gasteiger partial charge in [-0.2, -0.15) is 11.8 Å². The van der Waals surface area contributed by atoms with E-state index in [9.17, 15) is 0 Å². The van der Waals surface area contributed by atoms with Gasteiger partial charge >= 0.3 is 0 Å². The van der Waals surface area contributed by atoms with Crippen LogP contribution < -0.4 is 5.73 Å². The molecule has 0 rings (SSSR count). The van der Waals surface area contributed by atoms with Gasteiger partial charge in [0.2, 0.25) is 0 Å². The summed E-state index contributed by atoms with van der Waals surface area (Å²) < 4.78 is 0. The molecule has 0 radical (unpaired) electrons. The number of rotatable bonds is 7. The summed E-state index contributed by atoms with van der Waals surface area (Å²) in [7, 11) is 2.15. The van der Waals surface area contributed by atoms with Gasteiger partial charge in [0.25, 0.3) is 0 Å². The molecule has 2 N–H and O–H groups in total. The van der Waals surface area contributed by atoms with Crippen LogP contribution in [0, 0.1) is 5.92 Å². The van der Waals surface area contributed by atoms with E-state index >= 15 is 0 Å². The lowest BCUT2D eigenvalue weighted by Gasteiger charge is -2.28. The third-order valence-electron chi connectivity index (χ3n) is 2.50. The fraction of sp³-hybridized carbons (Fsp3) is 0.900. The molecule has 0 aliphatic heterocycles. The Bertz CT molecular complexity index is 174. The minimum absolute atomic E-state index is 0.311. The van der Waals surface area contributed by atoms with Crippen LogP contribution in [-0.4, -0.2) is 41.5 Å². The normalized spacial score (nSPS) is 15.5. The van der Waals surface area contributed by atoms with Crippen LogP contribution in [0.15, 0.2) is 0 Å². The molecule has 0 saturated carbocycles. The predicted octanol–water partition coefficient (Wildman–Crippen LogP) is 1.98. The summed E-state index contributed by atoms with van der Waals surface area (Å²) in [6, 6.07) is 0.641. The summed E-state index contributed by atoms with van der Waals surface area (Å²) in [5, 5.41) is 0. The van der Waals surface area contributed by atoms with E-state index in [1.165, 1.54) is 12.2 Å². The molecule has 0 fully saturated rings. The van der Waals surface area contributed by atoms with Crippen LogP contribution in [0.3, 0.4) is 0 Å². The van der Waals surface area contributed by atoms with Crippen LogP contribution in [0.25, 0.3) is 0 Å². The number of nitrogens with zero attached hydrogens (tertiary/aromatic N) is 1. The summed E-state index contributed by atoms with van der Waals surface area (Å²) in [5.74, 6) is 1.49. The summed E-state index contributed by atoms with van der Waals surface area (Å²) in [4.78, 5) is 2.98. The zero-order valence-corrected chi connectivity index (χ0v) is 11.3. The van der Waals surface area contributed by atoms with Crippen LogP contribution in [0.4, 0.5) is 0 Å². The number of thiocarbonyl (C=S) groups is 1. The minimum atomic E-state index is 0.311. The molecule has 2 atom stereocenters. The minimum Gasteiger partial charge on any atom is -0.393 e. The summed E-state index contributed by atoms with van der Waals surface area (Å²) in [6.45, 7) is 5.28. The van der Waals surface area contributed by atoms with E-state index in [1.54, 1.807) is 0 Å². The first kappa shape index (κ1) is 14.2. The molecule has 0 aromatic carbocycles. The smallest absolute Gasteiger partial charge is 0.0768 e. The van der Waals surface area contributed by atoms with Gasteiger partial charge in [0.05, 0.1) is 4.99 Å². The maximum atomic E-state index is 5.60. The molecule has 0 saturated heterocycles. The number of hydrogen-bond acceptors (Lipinski definition) is 3. The molecule has 84 valence electrons. The quantitative estimate of drug-likeness (QED) is 0.682. The van der Waals surface area contributed by atoms with Gasteiger partial charge in [-0.25, -0.2) is 0 Å². The second kappa shape index (κ2) is 7.49. The fourth-order valence-electron chi connectivity index (χ4n) is 1.42. The lowest BCUT2D eigenvalue weighted by molar-refractivity contribution is 0.242. The molecule has 0 heterocycles. The third-order valence-corrected chi connectivity index (χ3v) is 3.62. The highest BCUT2D eigenvalue weighted by atomic mass is 32.2. The van der Waals surface area contributed by atoms with Gasteiger partial charge in [0.15, 0.2) is 0 Å². The Hall–Kier alpha value is 0.200. The number of thioether (sulfide) groups is 1. The van der Waals surface area contributed by atoms with E-state index < -0.39 is 0 Å². The third kappa shape index (κ3) is 5.17. The van der Waals surface area contributed by atoms with E-state index in [2.05, 4.69) is 32.1 Å². The van der Waals surface area contributed by atoms with E-state index in [-0.39, 0.29) is 0 Å². The Morgan fingerprint density at radius 2 is 2.14 bits per heavy atom. The molecule has 0 aliphatic rings. The maximum absolute atomic E-state index is 5.60. The largest absolute Gasteiger partial charge is 0.393 e. The van der Waals surface area contributed by atoms with Gasteiger partial charge in [-0.1, -0.05) is 26.1 Å². The van der Waals surface area contributed by atoms with Crippen LogP contribution in [0.5, 0.6) is 0 Å². The van der Waals surface area contributed by atoms with Crippen molar-refractivity contribution < 1.29 is 0 Å². The highest BCUT2D eigenvalue weighted by Crippen LogP contribution is 2.10. The molecule has 4 heteroatoms. The molecule has 0 aromatic rings. The molecule has 0 aromatic heterocycles. The average Bonchev–Trinajstić information content (AvgIpc) is 2.13. The highest BCUT2D eigenvalue weighted by molar-refractivity contribution is 7.98. The molecule has 0 bridgehead atoms. The summed E-state index contributed by atoms with van der Waals surface area (Å²) >= 11 is 6.86. The van der Waals surface area contributed by atoms with Crippen LogP contribution in [-0.2, 0) is 0 Å². The van der Waals surface area contributed by atoms with Crippen LogP contribution >= 0.6 is 24.0 Å². The Morgan fingerprint density at radius 1 is 1.57 bits per heavy atom. The zero-order valence-electron chi connectivity index (χ0n) is 9.62. The van der Waals surface area contributed by atoms with Gasteiger partial charge < -0.3 is 10.6 Å². The zero-order chi connectivity index (χ0) is 11.1. The average molecular weight is 234 g/mol. The van der Waals surface area contributed by atoms with E-state index in [0.717, 1.165) is 6.54 Å². The van der Waals surface area contributed by atoms with Gasteiger partial charge in [0.1, 0.15) is 0 Å². The molecule has 0 aliphatic carbocycles. The van der Waals surface area contributed by atoms with Crippen molar-refractivity contribution in [2.24, 2.45) is 11.7 Å². The topological polar surface area (TPSA) is 29.3 Å². The van der Waals surface area contributed by atoms with Crippen LogP contribution in [0.1, 0.15) is 20.3 Å². The van der Waals surface area contributed by atoms with E-state index in [4.69, 9.17) is 18.0 Å². The van der Waals surface area contributed by atoms with E-state index in [1.807, 2.05) is 11.8 Å². The Kier molecular flexibility index (Phi) is 7.59. The molecular weight excluding hydrogens is 212 g/mol. The molecule has 0 amide bonds. The molecule has 2 nitrogen and oxygen atoms in total. The Balaban J connectivity index is 4.02. The monoisotopic (exact) mass is 234 g/mol. The lowest BCUT2D eigenvalue weighted by atomic mass is 10.1. The van der Waals surface area contributed by atoms with Crippen molar-refractivity contribution in [3.63, 3.8) is 0 Å². The van der Waals surface area contributed by atoms with Crippen molar-refractivity contribution in [2.45, 2.75) is 26.3 Å². The van der Waals surface area contributed by atoms with Crippen molar-refractivity contribution in [1.82, 2.24) is 4.90 Å². The summed E-state index contributed by atoms with van der Waals surface area (Å²) in [6.07, 6.45) is 3.33. The first-order chi connectivity index (χ1) is 6.52. The first-order valence-corrected chi connectivity index (χ1v) is 6.81. The van der Waals surface area contributed by atoms with Gasteiger partial charge in [0, 0.05) is 24.3 Å². The molecule has 2 unspecified atom stereocenters. The Morgan fingerprint density at radius 3 is 2.50 bits per heavy atom. The van der Waals surface area contributed by atoms with Crippen molar-refractivity contribution in [2.75, 3.05) is 25.6 Å². The van der Waals surface area contributed by atoms with E-state index in [0.29, 0.717) is 16.9 Å². The first-order valence-electron chi connectivity index (χ1n) is 5.01. The van der Waals surface area contributed by atoms with Gasteiger partial charge in [-0.3, -0.25) is 0 Å². The highest BCUT2D eigenvalue weighted by Gasteiger charge is 2.15. The maximum Gasteiger partial charge on any atom is 0.0768 e. The van der Waals surface area contributed by atoms with Crippen molar-refractivity contribution in [3.05, 3.63) is 0 Å². The lowest BCUT2D eigenvalue weighted by Crippen LogP contribution is -2.39. The second-order valence-corrected chi connectivity index (χ2v) is 5.14. The molecule has 0 spiro atoms. The van der Waals surface area contributed by atoms with Crippen molar-refractivity contribution >= 4 is 29.0 Å². The number of hydrogen-bond donors (Lipinski definition) is 1. The van der Waals surface area contributed by atoms with Gasteiger partial charge in [-0.05, 0) is 19.7 Å². The fourth-order valence-corrected chi connectivity index (χ4v) is 2.37. The molecular formula is C10H22N2S2. The van der Waals surface area contributed by atoms with Crippen molar-refractivity contribution in [3.8, 4) is 0 Å². The Labute approximate surface area is 97.6 Å². The van der Waals surface area contributed by atoms with Crippen LogP contribution in [0.2, 0.25) is 0 Å².